The molecule has 0 aromatic carbocycles. The second kappa shape index (κ2) is 6.53. The van der Waals surface area contributed by atoms with E-state index in [-0.39, 0.29) is 6.10 Å². The fraction of sp³-hybridized carbons (Fsp3) is 0.750. The van der Waals surface area contributed by atoms with Gasteiger partial charge in [-0.25, -0.2) is 0 Å². The first-order valence-corrected chi connectivity index (χ1v) is 6.08. The van der Waals surface area contributed by atoms with E-state index in [2.05, 4.69) is 38.1 Å². The third kappa shape index (κ3) is 4.23. The van der Waals surface area contributed by atoms with Gasteiger partial charge in [-0.15, -0.1) is 0 Å². The Hall–Kier alpha value is -1.03. The fourth-order valence-corrected chi connectivity index (χ4v) is 1.36. The lowest BCUT2D eigenvalue weighted by molar-refractivity contribution is 0.212. The summed E-state index contributed by atoms with van der Waals surface area (Å²) in [6.07, 6.45) is 5.01. The third-order valence-corrected chi connectivity index (χ3v) is 2.64. The van der Waals surface area contributed by atoms with E-state index in [1.165, 1.54) is 0 Å². The molecule has 4 heteroatoms. The molecular formula is C12H23N3O. The minimum atomic E-state index is 0.170. The molecule has 1 aromatic heterocycles. The Morgan fingerprint density at radius 2 is 2.19 bits per heavy atom. The number of aromatic nitrogens is 2. The highest BCUT2D eigenvalue weighted by Gasteiger charge is 2.07. The van der Waals surface area contributed by atoms with Gasteiger partial charge in [0.1, 0.15) is 6.10 Å². The van der Waals surface area contributed by atoms with Crippen LogP contribution in [-0.4, -0.2) is 28.5 Å². The lowest BCUT2D eigenvalue weighted by atomic mass is 10.2. The standard InChI is InChI=1S/C12H23N3O/c1-5-10(3)13-7-11(4)16-12-8-14-15(6-2)9-12/h8-11,13H,5-7H2,1-4H3. The summed E-state index contributed by atoms with van der Waals surface area (Å²) < 4.78 is 7.61. The highest BCUT2D eigenvalue weighted by molar-refractivity contribution is 5.12. The molecule has 16 heavy (non-hydrogen) atoms. The average Bonchev–Trinajstić information content (AvgIpc) is 2.73. The van der Waals surface area contributed by atoms with Gasteiger partial charge in [-0.3, -0.25) is 4.68 Å². The molecule has 0 fully saturated rings. The predicted molar refractivity (Wildman–Crippen MR) is 65.7 cm³/mol. The van der Waals surface area contributed by atoms with Crippen molar-refractivity contribution in [1.29, 1.82) is 0 Å². The molecule has 0 radical (unpaired) electrons. The zero-order valence-corrected chi connectivity index (χ0v) is 10.7. The van der Waals surface area contributed by atoms with Gasteiger partial charge in [0.2, 0.25) is 0 Å². The molecule has 0 saturated heterocycles. The minimum absolute atomic E-state index is 0.170. The molecule has 0 spiro atoms. The quantitative estimate of drug-likeness (QED) is 0.772. The van der Waals surface area contributed by atoms with Gasteiger partial charge in [0.05, 0.1) is 12.4 Å². The Balaban J connectivity index is 2.30. The van der Waals surface area contributed by atoms with Gasteiger partial charge in [-0.1, -0.05) is 6.92 Å². The van der Waals surface area contributed by atoms with Gasteiger partial charge in [0, 0.05) is 19.1 Å². The Kier molecular flexibility index (Phi) is 5.32. The van der Waals surface area contributed by atoms with E-state index < -0.39 is 0 Å². The van der Waals surface area contributed by atoms with Crippen molar-refractivity contribution < 1.29 is 4.74 Å². The molecular weight excluding hydrogens is 202 g/mol. The van der Waals surface area contributed by atoms with Crippen LogP contribution in [0.1, 0.15) is 34.1 Å². The summed E-state index contributed by atoms with van der Waals surface area (Å²) in [5.74, 6) is 0.848. The maximum atomic E-state index is 5.75. The summed E-state index contributed by atoms with van der Waals surface area (Å²) in [6, 6.07) is 0.546. The van der Waals surface area contributed by atoms with E-state index >= 15 is 0 Å². The number of ether oxygens (including phenoxy) is 1. The third-order valence-electron chi connectivity index (χ3n) is 2.64. The van der Waals surface area contributed by atoms with Crippen molar-refractivity contribution in [3.05, 3.63) is 12.4 Å². The van der Waals surface area contributed by atoms with Crippen LogP contribution in [0.25, 0.3) is 0 Å². The highest BCUT2D eigenvalue weighted by atomic mass is 16.5. The molecule has 1 N–H and O–H groups in total. The Morgan fingerprint density at radius 1 is 1.44 bits per heavy atom. The van der Waals surface area contributed by atoms with Crippen molar-refractivity contribution in [3.8, 4) is 5.75 Å². The zero-order chi connectivity index (χ0) is 12.0. The smallest absolute Gasteiger partial charge is 0.157 e. The summed E-state index contributed by atoms with van der Waals surface area (Å²) in [6.45, 7) is 10.2. The van der Waals surface area contributed by atoms with E-state index in [4.69, 9.17) is 4.74 Å². The molecule has 0 aliphatic rings. The largest absolute Gasteiger partial charge is 0.486 e. The number of aryl methyl sites for hydroxylation is 1. The first-order chi connectivity index (χ1) is 7.65. The lowest BCUT2D eigenvalue weighted by Crippen LogP contribution is -2.34. The van der Waals surface area contributed by atoms with Crippen molar-refractivity contribution >= 4 is 0 Å². The van der Waals surface area contributed by atoms with E-state index in [1.54, 1.807) is 6.20 Å². The van der Waals surface area contributed by atoms with Crippen molar-refractivity contribution in [2.24, 2.45) is 0 Å². The van der Waals surface area contributed by atoms with Gasteiger partial charge in [0.15, 0.2) is 5.75 Å². The van der Waals surface area contributed by atoms with Crippen LogP contribution in [0.15, 0.2) is 12.4 Å². The zero-order valence-electron chi connectivity index (χ0n) is 10.7. The molecule has 1 aromatic rings. The summed E-state index contributed by atoms with van der Waals surface area (Å²) in [7, 11) is 0. The van der Waals surface area contributed by atoms with Crippen LogP contribution in [-0.2, 0) is 6.54 Å². The molecule has 2 unspecified atom stereocenters. The molecule has 0 aliphatic carbocycles. The van der Waals surface area contributed by atoms with Crippen LogP contribution >= 0.6 is 0 Å². The van der Waals surface area contributed by atoms with Gasteiger partial charge in [-0.05, 0) is 27.2 Å². The number of hydrogen-bond acceptors (Lipinski definition) is 3. The van der Waals surface area contributed by atoms with Gasteiger partial charge in [-0.2, -0.15) is 5.10 Å². The van der Waals surface area contributed by atoms with E-state index in [0.29, 0.717) is 6.04 Å². The van der Waals surface area contributed by atoms with Crippen LogP contribution in [0.4, 0.5) is 0 Å². The Labute approximate surface area is 98.0 Å². The highest BCUT2D eigenvalue weighted by Crippen LogP contribution is 2.10. The van der Waals surface area contributed by atoms with Gasteiger partial charge in [0.25, 0.3) is 0 Å². The summed E-state index contributed by atoms with van der Waals surface area (Å²) in [5.41, 5.74) is 0. The predicted octanol–water partition coefficient (Wildman–Crippen LogP) is 2.06. The first kappa shape index (κ1) is 13.0. The molecule has 0 aliphatic heterocycles. The molecule has 0 saturated carbocycles. The fourth-order valence-electron chi connectivity index (χ4n) is 1.36. The Bertz CT molecular complexity index is 298. The lowest BCUT2D eigenvalue weighted by Gasteiger charge is -2.17. The monoisotopic (exact) mass is 225 g/mol. The van der Waals surface area contributed by atoms with Crippen LogP contribution in [0.5, 0.6) is 5.75 Å². The SMILES string of the molecule is CCC(C)NCC(C)Oc1cnn(CC)c1. The van der Waals surface area contributed by atoms with E-state index in [0.717, 1.165) is 25.3 Å². The topological polar surface area (TPSA) is 39.1 Å². The van der Waals surface area contributed by atoms with E-state index in [9.17, 15) is 0 Å². The number of hydrogen-bond donors (Lipinski definition) is 1. The Morgan fingerprint density at radius 3 is 2.75 bits per heavy atom. The van der Waals surface area contributed by atoms with Gasteiger partial charge >= 0.3 is 0 Å². The molecule has 1 heterocycles. The summed E-state index contributed by atoms with van der Waals surface area (Å²) in [5, 5.41) is 7.59. The maximum Gasteiger partial charge on any atom is 0.157 e. The van der Waals surface area contributed by atoms with Crippen LogP contribution < -0.4 is 10.1 Å². The van der Waals surface area contributed by atoms with Crippen molar-refractivity contribution in [1.82, 2.24) is 15.1 Å². The molecule has 2 atom stereocenters. The summed E-state index contributed by atoms with van der Waals surface area (Å²) >= 11 is 0. The van der Waals surface area contributed by atoms with Gasteiger partial charge < -0.3 is 10.1 Å². The summed E-state index contributed by atoms with van der Waals surface area (Å²) in [4.78, 5) is 0. The second-order valence-corrected chi connectivity index (χ2v) is 4.18. The average molecular weight is 225 g/mol. The number of nitrogens with one attached hydrogen (secondary N) is 1. The molecule has 0 amide bonds. The van der Waals surface area contributed by atoms with Crippen molar-refractivity contribution in [2.75, 3.05) is 6.54 Å². The van der Waals surface area contributed by atoms with Crippen LogP contribution in [0, 0.1) is 0 Å². The maximum absolute atomic E-state index is 5.75. The van der Waals surface area contributed by atoms with Crippen molar-refractivity contribution in [3.63, 3.8) is 0 Å². The first-order valence-electron chi connectivity index (χ1n) is 6.08. The number of nitrogens with zero attached hydrogens (tertiary/aromatic N) is 2. The van der Waals surface area contributed by atoms with E-state index in [1.807, 2.05) is 10.9 Å². The van der Waals surface area contributed by atoms with Crippen molar-refractivity contribution in [2.45, 2.75) is 52.8 Å². The van der Waals surface area contributed by atoms with Crippen LogP contribution in [0.3, 0.4) is 0 Å². The van der Waals surface area contributed by atoms with Crippen LogP contribution in [0.2, 0.25) is 0 Å². The molecule has 0 bridgehead atoms. The second-order valence-electron chi connectivity index (χ2n) is 4.18. The normalized spacial score (nSPS) is 14.8. The molecule has 92 valence electrons. The molecule has 4 nitrogen and oxygen atoms in total. The number of rotatable bonds is 7. The minimum Gasteiger partial charge on any atom is -0.486 e. The molecule has 1 rings (SSSR count).